The second-order valence-corrected chi connectivity index (χ2v) is 6.41. The summed E-state index contributed by atoms with van der Waals surface area (Å²) in [6.45, 7) is 2.25. The van der Waals surface area contributed by atoms with Gasteiger partial charge >= 0.3 is 12.0 Å². The van der Waals surface area contributed by atoms with Gasteiger partial charge in [-0.15, -0.1) is 0 Å². The Morgan fingerprint density at radius 2 is 1.76 bits per heavy atom. The Bertz CT molecular complexity index is 378. The van der Waals surface area contributed by atoms with E-state index in [4.69, 9.17) is 5.11 Å². The van der Waals surface area contributed by atoms with Gasteiger partial charge < -0.3 is 19.8 Å². The maximum absolute atomic E-state index is 12.7. The van der Waals surface area contributed by atoms with Crippen LogP contribution in [0, 0.1) is 0 Å². The molecule has 0 bridgehead atoms. The predicted molar refractivity (Wildman–Crippen MR) is 80.3 cm³/mol. The van der Waals surface area contributed by atoms with Gasteiger partial charge in [-0.25, -0.2) is 4.79 Å². The number of carbonyl (C=O) groups excluding carboxylic acids is 1. The van der Waals surface area contributed by atoms with Crippen molar-refractivity contribution in [2.75, 3.05) is 33.7 Å². The Balaban J connectivity index is 1.93. The monoisotopic (exact) mass is 297 g/mol. The first-order valence-electron chi connectivity index (χ1n) is 7.93. The zero-order chi connectivity index (χ0) is 15.4. The molecule has 0 spiro atoms. The molecule has 1 atom stereocenters. The van der Waals surface area contributed by atoms with Crippen LogP contribution in [0.2, 0.25) is 0 Å². The molecule has 0 aromatic rings. The molecule has 120 valence electrons. The van der Waals surface area contributed by atoms with Crippen molar-refractivity contribution in [3.05, 3.63) is 0 Å². The lowest BCUT2D eigenvalue weighted by Crippen LogP contribution is -2.54. The van der Waals surface area contributed by atoms with E-state index in [1.165, 1.54) is 0 Å². The second-order valence-electron chi connectivity index (χ2n) is 6.41. The first kappa shape index (κ1) is 16.1. The molecule has 6 nitrogen and oxygen atoms in total. The minimum atomic E-state index is -0.814. The Hall–Kier alpha value is -1.30. The zero-order valence-electron chi connectivity index (χ0n) is 13.1. The molecule has 1 N–H and O–H groups in total. The molecule has 0 radical (unpaired) electrons. The van der Waals surface area contributed by atoms with Crippen LogP contribution in [0.15, 0.2) is 0 Å². The summed E-state index contributed by atoms with van der Waals surface area (Å²) >= 11 is 0. The van der Waals surface area contributed by atoms with E-state index in [-0.39, 0.29) is 18.5 Å². The number of piperidine rings is 2. The van der Waals surface area contributed by atoms with Crippen LogP contribution in [0.1, 0.15) is 38.5 Å². The van der Waals surface area contributed by atoms with E-state index in [2.05, 4.69) is 19.0 Å². The van der Waals surface area contributed by atoms with Gasteiger partial charge in [0.25, 0.3) is 0 Å². The Morgan fingerprint density at radius 1 is 1.10 bits per heavy atom. The number of carboxylic acid groups (broad SMARTS) is 1. The molecule has 0 saturated carbocycles. The number of hydrogen-bond donors (Lipinski definition) is 1. The standard InChI is InChI=1S/C15H27N3O3/c1-16(2)12-6-9-17(10-7-12)15(21)18-8-4-3-5-13(18)11-14(19)20/h12-13H,3-11H2,1-2H3,(H,19,20). The van der Waals surface area contributed by atoms with Crippen LogP contribution in [0.5, 0.6) is 0 Å². The van der Waals surface area contributed by atoms with E-state index < -0.39 is 5.97 Å². The van der Waals surface area contributed by atoms with Gasteiger partial charge in [0.15, 0.2) is 0 Å². The molecule has 1 unspecified atom stereocenters. The fourth-order valence-electron chi connectivity index (χ4n) is 3.42. The van der Waals surface area contributed by atoms with Gasteiger partial charge in [-0.2, -0.15) is 0 Å². The molecule has 0 aromatic heterocycles. The molecule has 2 aliphatic rings. The number of rotatable bonds is 3. The van der Waals surface area contributed by atoms with Crippen LogP contribution in [0.3, 0.4) is 0 Å². The van der Waals surface area contributed by atoms with Crippen molar-refractivity contribution in [2.24, 2.45) is 0 Å². The fraction of sp³-hybridized carbons (Fsp3) is 0.867. The first-order chi connectivity index (χ1) is 9.99. The molecule has 0 aromatic carbocycles. The molecule has 0 aliphatic carbocycles. The molecule has 2 rings (SSSR count). The van der Waals surface area contributed by atoms with Crippen LogP contribution in [-0.4, -0.2) is 77.6 Å². The number of carbonyl (C=O) groups is 2. The highest BCUT2D eigenvalue weighted by Gasteiger charge is 2.33. The molecular formula is C15H27N3O3. The minimum absolute atomic E-state index is 0.0400. The third kappa shape index (κ3) is 4.09. The zero-order valence-corrected chi connectivity index (χ0v) is 13.1. The van der Waals surface area contributed by atoms with Crippen LogP contribution < -0.4 is 0 Å². The number of carboxylic acids is 1. The first-order valence-corrected chi connectivity index (χ1v) is 7.93. The molecule has 2 saturated heterocycles. The van der Waals surface area contributed by atoms with Gasteiger partial charge in [-0.3, -0.25) is 4.79 Å². The van der Waals surface area contributed by atoms with Crippen molar-refractivity contribution in [3.63, 3.8) is 0 Å². The van der Waals surface area contributed by atoms with Crippen LogP contribution in [0.25, 0.3) is 0 Å². The number of amides is 2. The van der Waals surface area contributed by atoms with Gasteiger partial charge in [0.1, 0.15) is 0 Å². The third-order valence-electron chi connectivity index (χ3n) is 4.75. The highest BCUT2D eigenvalue weighted by atomic mass is 16.4. The SMILES string of the molecule is CN(C)C1CCN(C(=O)N2CCCCC2CC(=O)O)CC1. The predicted octanol–water partition coefficient (Wildman–Crippen LogP) is 1.46. The Labute approximate surface area is 126 Å². The summed E-state index contributed by atoms with van der Waals surface area (Å²) in [6, 6.07) is 0.457. The highest BCUT2D eigenvalue weighted by Crippen LogP contribution is 2.23. The maximum atomic E-state index is 12.7. The van der Waals surface area contributed by atoms with Crippen molar-refractivity contribution in [3.8, 4) is 0 Å². The van der Waals surface area contributed by atoms with Gasteiger partial charge in [-0.1, -0.05) is 0 Å². The van der Waals surface area contributed by atoms with Crippen molar-refractivity contribution in [1.29, 1.82) is 0 Å². The minimum Gasteiger partial charge on any atom is -0.481 e. The molecule has 6 heteroatoms. The lowest BCUT2D eigenvalue weighted by Gasteiger charge is -2.41. The average molecular weight is 297 g/mol. The second kappa shape index (κ2) is 7.11. The van der Waals surface area contributed by atoms with Crippen LogP contribution in [-0.2, 0) is 4.79 Å². The van der Waals surface area contributed by atoms with Crippen molar-refractivity contribution < 1.29 is 14.7 Å². The summed E-state index contributed by atoms with van der Waals surface area (Å²) in [5.74, 6) is -0.814. The van der Waals surface area contributed by atoms with Gasteiger partial charge in [0, 0.05) is 31.7 Å². The average Bonchev–Trinajstić information content (AvgIpc) is 2.46. The van der Waals surface area contributed by atoms with Crippen LogP contribution >= 0.6 is 0 Å². The largest absolute Gasteiger partial charge is 0.481 e. The van der Waals surface area contributed by atoms with Crippen LogP contribution in [0.4, 0.5) is 4.79 Å². The van der Waals surface area contributed by atoms with E-state index in [1.54, 1.807) is 4.90 Å². The third-order valence-corrected chi connectivity index (χ3v) is 4.75. The van der Waals surface area contributed by atoms with E-state index in [0.717, 1.165) is 45.2 Å². The summed E-state index contributed by atoms with van der Waals surface area (Å²) in [5, 5.41) is 9.01. The molecule has 21 heavy (non-hydrogen) atoms. The highest BCUT2D eigenvalue weighted by molar-refractivity contribution is 5.76. The topological polar surface area (TPSA) is 64.1 Å². The molecule has 2 amide bonds. The molecule has 2 aliphatic heterocycles. The summed E-state index contributed by atoms with van der Waals surface area (Å²) in [5.41, 5.74) is 0. The number of likely N-dealkylation sites (tertiary alicyclic amines) is 2. The number of urea groups is 1. The van der Waals surface area contributed by atoms with E-state index >= 15 is 0 Å². The van der Waals surface area contributed by atoms with Crippen molar-refractivity contribution in [1.82, 2.24) is 14.7 Å². The van der Waals surface area contributed by atoms with Crippen molar-refractivity contribution >= 4 is 12.0 Å². The van der Waals surface area contributed by atoms with E-state index in [0.29, 0.717) is 12.6 Å². The lowest BCUT2D eigenvalue weighted by molar-refractivity contribution is -0.138. The summed E-state index contributed by atoms with van der Waals surface area (Å²) in [4.78, 5) is 29.6. The summed E-state index contributed by atoms with van der Waals surface area (Å²) in [6.07, 6.45) is 4.87. The quantitative estimate of drug-likeness (QED) is 0.856. The molecule has 2 fully saturated rings. The maximum Gasteiger partial charge on any atom is 0.320 e. The normalized spacial score (nSPS) is 24.4. The summed E-state index contributed by atoms with van der Waals surface area (Å²) in [7, 11) is 4.16. The fourth-order valence-corrected chi connectivity index (χ4v) is 3.42. The smallest absolute Gasteiger partial charge is 0.320 e. The van der Waals surface area contributed by atoms with Gasteiger partial charge in [-0.05, 0) is 46.2 Å². The molecule has 2 heterocycles. The number of aliphatic carboxylic acids is 1. The Morgan fingerprint density at radius 3 is 2.33 bits per heavy atom. The Kier molecular flexibility index (Phi) is 5.45. The van der Waals surface area contributed by atoms with Gasteiger partial charge in [0.2, 0.25) is 0 Å². The van der Waals surface area contributed by atoms with Crippen molar-refractivity contribution in [2.45, 2.75) is 50.6 Å². The lowest BCUT2D eigenvalue weighted by atomic mass is 9.99. The van der Waals surface area contributed by atoms with E-state index in [9.17, 15) is 9.59 Å². The van der Waals surface area contributed by atoms with Gasteiger partial charge in [0.05, 0.1) is 6.42 Å². The number of hydrogen-bond acceptors (Lipinski definition) is 3. The summed E-state index contributed by atoms with van der Waals surface area (Å²) < 4.78 is 0. The van der Waals surface area contributed by atoms with E-state index in [1.807, 2.05) is 4.90 Å². The number of nitrogens with zero attached hydrogens (tertiary/aromatic N) is 3. The molecular weight excluding hydrogens is 270 g/mol.